The molecule has 0 radical (unpaired) electrons. The Bertz CT molecular complexity index is 320. The van der Waals surface area contributed by atoms with E-state index in [1.54, 1.807) is 11.3 Å². The predicted molar refractivity (Wildman–Crippen MR) is 62.7 cm³/mol. The number of thiophene rings is 1. The molecule has 2 rings (SSSR count). The van der Waals surface area contributed by atoms with Crippen LogP contribution in [-0.2, 0) is 0 Å². The van der Waals surface area contributed by atoms with E-state index >= 15 is 0 Å². The van der Waals surface area contributed by atoms with E-state index in [0.29, 0.717) is 0 Å². The summed E-state index contributed by atoms with van der Waals surface area (Å²) in [6, 6.07) is 2.28. The van der Waals surface area contributed by atoms with Crippen LogP contribution in [0.5, 0.6) is 0 Å². The lowest BCUT2D eigenvalue weighted by Crippen LogP contribution is -2.28. The Labute approximate surface area is 96.5 Å². The van der Waals surface area contributed by atoms with Crippen LogP contribution >= 0.6 is 27.3 Å². The second kappa shape index (κ2) is 4.31. The van der Waals surface area contributed by atoms with E-state index in [9.17, 15) is 5.11 Å². The van der Waals surface area contributed by atoms with Crippen LogP contribution in [0.25, 0.3) is 0 Å². The highest BCUT2D eigenvalue weighted by atomic mass is 79.9. The van der Waals surface area contributed by atoms with Crippen molar-refractivity contribution in [3.05, 3.63) is 20.3 Å². The zero-order chi connectivity index (χ0) is 10.1. The lowest BCUT2D eigenvalue weighted by molar-refractivity contribution is 0.137. The fraction of sp³-hybridized carbons (Fsp3) is 0.600. The van der Waals surface area contributed by atoms with Crippen molar-refractivity contribution in [3.8, 4) is 0 Å². The maximum atomic E-state index is 10.1. The molecular weight excluding hydrogens is 262 g/mol. The van der Waals surface area contributed by atoms with Crippen LogP contribution in [0.15, 0.2) is 9.85 Å². The summed E-state index contributed by atoms with van der Waals surface area (Å²) in [7, 11) is 0. The van der Waals surface area contributed by atoms with Crippen molar-refractivity contribution in [2.75, 3.05) is 6.54 Å². The maximum absolute atomic E-state index is 10.1. The smallest absolute Gasteiger partial charge is 0.0953 e. The number of hydrogen-bond acceptors (Lipinski definition) is 3. The molecule has 0 spiro atoms. The van der Waals surface area contributed by atoms with Crippen LogP contribution in [-0.4, -0.2) is 17.7 Å². The summed E-state index contributed by atoms with van der Waals surface area (Å²) in [4.78, 5) is 1.21. The zero-order valence-corrected chi connectivity index (χ0v) is 10.5. The van der Waals surface area contributed by atoms with E-state index in [-0.39, 0.29) is 12.1 Å². The molecular formula is C10H14BrNOS. The average molecular weight is 276 g/mol. The molecule has 4 heteroatoms. The largest absolute Gasteiger partial charge is 0.387 e. The van der Waals surface area contributed by atoms with Gasteiger partial charge in [-0.05, 0) is 53.9 Å². The lowest BCUT2D eigenvalue weighted by Gasteiger charge is -2.18. The van der Waals surface area contributed by atoms with Crippen LogP contribution < -0.4 is 5.32 Å². The standard InChI is InChI=1S/C10H14BrNOS/c1-6-7(5-9(11)14-6)10(13)8-3-2-4-12-8/h5,8,10,12-13H,2-4H2,1H3. The second-order valence-electron chi connectivity index (χ2n) is 3.71. The summed E-state index contributed by atoms with van der Waals surface area (Å²) >= 11 is 5.13. The molecule has 0 aromatic carbocycles. The summed E-state index contributed by atoms with van der Waals surface area (Å²) in [6.07, 6.45) is 1.90. The molecule has 1 saturated heterocycles. The zero-order valence-electron chi connectivity index (χ0n) is 8.09. The number of hydrogen-bond donors (Lipinski definition) is 2. The van der Waals surface area contributed by atoms with Gasteiger partial charge < -0.3 is 10.4 Å². The van der Waals surface area contributed by atoms with Crippen LogP contribution in [0.2, 0.25) is 0 Å². The number of aliphatic hydroxyl groups is 1. The van der Waals surface area contributed by atoms with Crippen molar-refractivity contribution in [3.63, 3.8) is 0 Å². The van der Waals surface area contributed by atoms with Crippen molar-refractivity contribution >= 4 is 27.3 Å². The van der Waals surface area contributed by atoms with Crippen LogP contribution in [0.4, 0.5) is 0 Å². The van der Waals surface area contributed by atoms with Crippen LogP contribution in [0, 0.1) is 6.92 Å². The molecule has 1 aliphatic rings. The number of aliphatic hydroxyl groups excluding tert-OH is 1. The lowest BCUT2D eigenvalue weighted by atomic mass is 10.0. The Morgan fingerprint density at radius 1 is 1.71 bits per heavy atom. The van der Waals surface area contributed by atoms with Gasteiger partial charge in [-0.25, -0.2) is 0 Å². The first kappa shape index (κ1) is 10.6. The molecule has 0 aliphatic carbocycles. The average Bonchev–Trinajstić information content (AvgIpc) is 2.73. The second-order valence-corrected chi connectivity index (χ2v) is 6.35. The van der Waals surface area contributed by atoms with Crippen LogP contribution in [0.3, 0.4) is 0 Å². The van der Waals surface area contributed by atoms with E-state index in [2.05, 4.69) is 28.2 Å². The SMILES string of the molecule is Cc1sc(Br)cc1C(O)C1CCCN1. The van der Waals surface area contributed by atoms with Gasteiger partial charge in [0.15, 0.2) is 0 Å². The number of nitrogens with one attached hydrogen (secondary N) is 1. The summed E-state index contributed by atoms with van der Waals surface area (Å²) in [5.41, 5.74) is 1.07. The summed E-state index contributed by atoms with van der Waals surface area (Å²) < 4.78 is 1.10. The summed E-state index contributed by atoms with van der Waals surface area (Å²) in [5.74, 6) is 0. The maximum Gasteiger partial charge on any atom is 0.0953 e. The minimum Gasteiger partial charge on any atom is -0.387 e. The van der Waals surface area contributed by atoms with Crippen molar-refractivity contribution in [2.24, 2.45) is 0 Å². The fourth-order valence-corrected chi connectivity index (χ4v) is 3.70. The minimum atomic E-state index is -0.347. The molecule has 14 heavy (non-hydrogen) atoms. The summed E-state index contributed by atoms with van der Waals surface area (Å²) in [6.45, 7) is 3.09. The molecule has 2 unspecified atom stereocenters. The monoisotopic (exact) mass is 275 g/mol. The molecule has 2 N–H and O–H groups in total. The van der Waals surface area contributed by atoms with Gasteiger partial charge in [0.25, 0.3) is 0 Å². The first-order valence-corrected chi connectivity index (χ1v) is 6.46. The highest BCUT2D eigenvalue weighted by molar-refractivity contribution is 9.11. The molecule has 1 aromatic heterocycles. The topological polar surface area (TPSA) is 32.3 Å². The third kappa shape index (κ3) is 2.03. The highest BCUT2D eigenvalue weighted by Gasteiger charge is 2.25. The van der Waals surface area contributed by atoms with Crippen molar-refractivity contribution < 1.29 is 5.11 Å². The van der Waals surface area contributed by atoms with E-state index in [1.807, 2.05) is 6.07 Å². The van der Waals surface area contributed by atoms with Gasteiger partial charge in [0.05, 0.1) is 9.89 Å². The minimum absolute atomic E-state index is 0.246. The molecule has 0 bridgehead atoms. The van der Waals surface area contributed by atoms with E-state index in [0.717, 1.165) is 22.3 Å². The summed E-state index contributed by atoms with van der Waals surface area (Å²) in [5, 5.41) is 13.5. The normalized spacial score (nSPS) is 24.1. The third-order valence-electron chi connectivity index (χ3n) is 2.72. The van der Waals surface area contributed by atoms with Gasteiger partial charge in [0, 0.05) is 10.9 Å². The Hall–Kier alpha value is 0.1000. The molecule has 1 aliphatic heterocycles. The quantitative estimate of drug-likeness (QED) is 0.870. The molecule has 2 atom stereocenters. The number of aryl methyl sites for hydroxylation is 1. The van der Waals surface area contributed by atoms with Gasteiger partial charge >= 0.3 is 0 Å². The van der Waals surface area contributed by atoms with Crippen molar-refractivity contribution in [2.45, 2.75) is 31.9 Å². The molecule has 78 valence electrons. The fourth-order valence-electron chi connectivity index (χ4n) is 1.95. The molecule has 2 heterocycles. The van der Waals surface area contributed by atoms with Gasteiger partial charge in [-0.15, -0.1) is 11.3 Å². The number of rotatable bonds is 2. The van der Waals surface area contributed by atoms with Gasteiger partial charge in [0.2, 0.25) is 0 Å². The van der Waals surface area contributed by atoms with Gasteiger partial charge in [-0.1, -0.05) is 0 Å². The van der Waals surface area contributed by atoms with E-state index < -0.39 is 0 Å². The Morgan fingerprint density at radius 3 is 3.00 bits per heavy atom. The molecule has 1 fully saturated rings. The van der Waals surface area contributed by atoms with E-state index in [4.69, 9.17) is 0 Å². The Morgan fingerprint density at radius 2 is 2.50 bits per heavy atom. The highest BCUT2D eigenvalue weighted by Crippen LogP contribution is 2.33. The Balaban J connectivity index is 2.17. The molecule has 0 saturated carbocycles. The van der Waals surface area contributed by atoms with E-state index in [1.165, 1.54) is 11.3 Å². The number of halogens is 1. The van der Waals surface area contributed by atoms with Crippen molar-refractivity contribution in [1.29, 1.82) is 0 Å². The molecule has 2 nitrogen and oxygen atoms in total. The molecule has 0 amide bonds. The van der Waals surface area contributed by atoms with Gasteiger partial charge in [0.1, 0.15) is 0 Å². The van der Waals surface area contributed by atoms with Gasteiger partial charge in [-0.3, -0.25) is 0 Å². The van der Waals surface area contributed by atoms with Gasteiger partial charge in [-0.2, -0.15) is 0 Å². The van der Waals surface area contributed by atoms with Crippen LogP contribution in [0.1, 0.15) is 29.4 Å². The Kier molecular flexibility index (Phi) is 3.27. The predicted octanol–water partition coefficient (Wildman–Crippen LogP) is 2.60. The molecule has 1 aromatic rings. The first-order chi connectivity index (χ1) is 6.68. The van der Waals surface area contributed by atoms with Crippen molar-refractivity contribution in [1.82, 2.24) is 5.32 Å². The first-order valence-electron chi connectivity index (χ1n) is 4.86. The third-order valence-corrected chi connectivity index (χ3v) is 4.29.